The van der Waals surface area contributed by atoms with Crippen LogP contribution < -0.4 is 5.32 Å². The van der Waals surface area contributed by atoms with Crippen LogP contribution in [0.5, 0.6) is 0 Å². The number of rotatable bonds is 7. The number of nitrogens with one attached hydrogen (secondary N) is 1. The number of Topliss-reactive ketones (excluding diaryl/α,β-unsaturated/α-hetero) is 1. The first-order valence-corrected chi connectivity index (χ1v) is 10.4. The molecule has 6 nitrogen and oxygen atoms in total. The van der Waals surface area contributed by atoms with Crippen molar-refractivity contribution in [1.29, 1.82) is 0 Å². The molecule has 1 aliphatic heterocycles. The smallest absolute Gasteiger partial charge is 0.242 e. The van der Waals surface area contributed by atoms with Crippen molar-refractivity contribution in [3.05, 3.63) is 72.3 Å². The van der Waals surface area contributed by atoms with E-state index >= 15 is 0 Å². The highest BCUT2D eigenvalue weighted by atomic mass is 32.2. The van der Waals surface area contributed by atoms with Gasteiger partial charge in [0, 0.05) is 24.2 Å². The van der Waals surface area contributed by atoms with Gasteiger partial charge < -0.3 is 5.32 Å². The first kappa shape index (κ1) is 21.5. The maximum absolute atomic E-state index is 12.8. The molecule has 0 spiro atoms. The Morgan fingerprint density at radius 1 is 1.23 bits per heavy atom. The molecule has 0 aromatic heterocycles. The fourth-order valence-electron chi connectivity index (χ4n) is 2.95. The summed E-state index contributed by atoms with van der Waals surface area (Å²) >= 11 is 1.28. The summed E-state index contributed by atoms with van der Waals surface area (Å²) in [6.45, 7) is 7.51. The summed E-state index contributed by atoms with van der Waals surface area (Å²) in [4.78, 5) is 43.0. The number of amidine groups is 1. The van der Waals surface area contributed by atoms with E-state index in [-0.39, 0.29) is 24.0 Å². The Balaban J connectivity index is 1.72. The summed E-state index contributed by atoms with van der Waals surface area (Å²) in [7, 11) is 0. The largest absolute Gasteiger partial charge is 0.326 e. The van der Waals surface area contributed by atoms with E-state index in [4.69, 9.17) is 0 Å². The lowest BCUT2D eigenvalue weighted by Gasteiger charge is -2.14. The van der Waals surface area contributed by atoms with E-state index in [1.165, 1.54) is 18.7 Å². The second kappa shape index (κ2) is 9.54. The fraction of sp³-hybridized carbons (Fsp3) is 0.217. The van der Waals surface area contributed by atoms with Crippen molar-refractivity contribution in [3.63, 3.8) is 0 Å². The quantitative estimate of drug-likeness (QED) is 0.533. The number of anilines is 1. The fourth-order valence-corrected chi connectivity index (χ4v) is 4.12. The third-order valence-corrected chi connectivity index (χ3v) is 5.69. The minimum Gasteiger partial charge on any atom is -0.326 e. The number of carbonyl (C=O) groups is 3. The van der Waals surface area contributed by atoms with Crippen LogP contribution in [0.3, 0.4) is 0 Å². The summed E-state index contributed by atoms with van der Waals surface area (Å²) in [6.07, 6.45) is 1.65. The molecule has 1 fully saturated rings. The van der Waals surface area contributed by atoms with E-state index in [2.05, 4.69) is 16.9 Å². The lowest BCUT2D eigenvalue weighted by atomic mass is 10.1. The first-order chi connectivity index (χ1) is 14.4. The number of hydrogen-bond donors (Lipinski definition) is 1. The SMILES string of the molecule is C=CCN1C(=O)C(CC(=O)Nc2cccc(C(C)=O)c2)SC1=Nc1ccc(C)cc1. The predicted octanol–water partition coefficient (Wildman–Crippen LogP) is 4.34. The highest BCUT2D eigenvalue weighted by Gasteiger charge is 2.38. The van der Waals surface area contributed by atoms with Gasteiger partial charge in [0.05, 0.1) is 5.69 Å². The first-order valence-electron chi connectivity index (χ1n) is 9.52. The van der Waals surface area contributed by atoms with Gasteiger partial charge in [0.1, 0.15) is 5.25 Å². The van der Waals surface area contributed by atoms with Gasteiger partial charge in [0.25, 0.3) is 0 Å². The molecule has 1 heterocycles. The normalized spacial score (nSPS) is 17.3. The summed E-state index contributed by atoms with van der Waals surface area (Å²) < 4.78 is 0. The Bertz CT molecular complexity index is 1010. The number of aliphatic imine (C=N–C) groups is 1. The molecule has 0 bridgehead atoms. The molecule has 1 unspecified atom stereocenters. The van der Waals surface area contributed by atoms with E-state index in [0.29, 0.717) is 23.0 Å². The van der Waals surface area contributed by atoms with Gasteiger partial charge in [-0.2, -0.15) is 0 Å². The highest BCUT2D eigenvalue weighted by Crippen LogP contribution is 2.32. The summed E-state index contributed by atoms with van der Waals surface area (Å²) in [5.41, 5.74) is 2.92. The Labute approximate surface area is 180 Å². The third kappa shape index (κ3) is 5.24. The molecule has 1 aliphatic rings. The minimum absolute atomic E-state index is 0.00829. The van der Waals surface area contributed by atoms with Crippen LogP contribution in [0, 0.1) is 6.92 Å². The number of hydrogen-bond acceptors (Lipinski definition) is 5. The average molecular weight is 422 g/mol. The standard InChI is InChI=1S/C23H23N3O3S/c1-4-12-26-22(29)20(30-23(26)25-18-10-8-15(2)9-11-18)14-21(28)24-19-7-5-6-17(13-19)16(3)27/h4-11,13,20H,1,12,14H2,2-3H3,(H,24,28). The Morgan fingerprint density at radius 3 is 2.63 bits per heavy atom. The van der Waals surface area contributed by atoms with Crippen LogP contribution in [0.2, 0.25) is 0 Å². The molecule has 7 heteroatoms. The number of amides is 2. The second-order valence-corrected chi connectivity index (χ2v) is 8.13. The third-order valence-electron chi connectivity index (χ3n) is 4.51. The lowest BCUT2D eigenvalue weighted by Crippen LogP contribution is -2.33. The number of ketones is 1. The zero-order chi connectivity index (χ0) is 21.7. The molecule has 30 heavy (non-hydrogen) atoms. The van der Waals surface area contributed by atoms with Crippen molar-refractivity contribution in [2.45, 2.75) is 25.5 Å². The van der Waals surface area contributed by atoms with Gasteiger partial charge in [-0.25, -0.2) is 4.99 Å². The number of benzene rings is 2. The zero-order valence-corrected chi connectivity index (χ0v) is 17.7. The second-order valence-electron chi connectivity index (χ2n) is 6.96. The maximum Gasteiger partial charge on any atom is 0.242 e. The van der Waals surface area contributed by atoms with E-state index in [9.17, 15) is 14.4 Å². The van der Waals surface area contributed by atoms with Gasteiger partial charge >= 0.3 is 0 Å². The minimum atomic E-state index is -0.565. The van der Waals surface area contributed by atoms with Gasteiger partial charge in [0.15, 0.2) is 11.0 Å². The zero-order valence-electron chi connectivity index (χ0n) is 16.9. The van der Waals surface area contributed by atoms with Crippen LogP contribution >= 0.6 is 11.8 Å². The Morgan fingerprint density at radius 2 is 1.97 bits per heavy atom. The molecule has 0 saturated carbocycles. The maximum atomic E-state index is 12.8. The number of aryl methyl sites for hydroxylation is 1. The average Bonchev–Trinajstić information content (AvgIpc) is 2.99. The molecule has 1 atom stereocenters. The van der Waals surface area contributed by atoms with Crippen LogP contribution in [0.15, 0.2) is 66.2 Å². The number of nitrogens with zero attached hydrogens (tertiary/aromatic N) is 2. The van der Waals surface area contributed by atoms with Crippen LogP contribution in [0.25, 0.3) is 0 Å². The van der Waals surface area contributed by atoms with E-state index in [1.54, 1.807) is 35.2 Å². The van der Waals surface area contributed by atoms with Crippen molar-refractivity contribution in [1.82, 2.24) is 4.90 Å². The molecule has 154 valence electrons. The highest BCUT2D eigenvalue weighted by molar-refractivity contribution is 8.15. The van der Waals surface area contributed by atoms with E-state index in [1.807, 2.05) is 31.2 Å². The summed E-state index contributed by atoms with van der Waals surface area (Å²) in [5.74, 6) is -0.542. The van der Waals surface area contributed by atoms with E-state index < -0.39 is 5.25 Å². The molecule has 2 aromatic carbocycles. The van der Waals surface area contributed by atoms with Crippen molar-refractivity contribution >= 4 is 45.9 Å². The van der Waals surface area contributed by atoms with Crippen molar-refractivity contribution in [2.75, 3.05) is 11.9 Å². The topological polar surface area (TPSA) is 78.8 Å². The number of carbonyl (C=O) groups excluding carboxylic acids is 3. The molecule has 0 radical (unpaired) electrons. The van der Waals surface area contributed by atoms with Crippen molar-refractivity contribution < 1.29 is 14.4 Å². The van der Waals surface area contributed by atoms with Crippen LogP contribution in [-0.2, 0) is 9.59 Å². The van der Waals surface area contributed by atoms with Crippen molar-refractivity contribution in [3.8, 4) is 0 Å². The van der Waals surface area contributed by atoms with Gasteiger partial charge in [-0.1, -0.05) is 47.7 Å². The molecular weight excluding hydrogens is 398 g/mol. The van der Waals surface area contributed by atoms with Crippen LogP contribution in [0.1, 0.15) is 29.3 Å². The molecule has 2 amide bonds. The van der Waals surface area contributed by atoms with E-state index in [0.717, 1.165) is 11.3 Å². The molecule has 1 saturated heterocycles. The van der Waals surface area contributed by atoms with Crippen molar-refractivity contribution in [2.24, 2.45) is 4.99 Å². The monoisotopic (exact) mass is 421 g/mol. The van der Waals surface area contributed by atoms with Gasteiger partial charge in [-0.3, -0.25) is 19.3 Å². The molecule has 1 N–H and O–H groups in total. The summed E-state index contributed by atoms with van der Waals surface area (Å²) in [6, 6.07) is 14.4. The Kier molecular flexibility index (Phi) is 6.84. The van der Waals surface area contributed by atoms with Gasteiger partial charge in [-0.15, -0.1) is 6.58 Å². The molecule has 3 rings (SSSR count). The lowest BCUT2D eigenvalue weighted by molar-refractivity contribution is -0.127. The van der Waals surface area contributed by atoms with Gasteiger partial charge in [-0.05, 0) is 38.1 Å². The summed E-state index contributed by atoms with van der Waals surface area (Å²) in [5, 5.41) is 2.76. The predicted molar refractivity (Wildman–Crippen MR) is 121 cm³/mol. The van der Waals surface area contributed by atoms with Crippen LogP contribution in [0.4, 0.5) is 11.4 Å². The molecule has 0 aliphatic carbocycles. The number of thioether (sulfide) groups is 1. The molecular formula is C23H23N3O3S. The van der Waals surface area contributed by atoms with Crippen LogP contribution in [-0.4, -0.2) is 39.5 Å². The van der Waals surface area contributed by atoms with Gasteiger partial charge in [0.2, 0.25) is 11.8 Å². The Hall–Kier alpha value is -3.19. The molecule has 2 aromatic rings.